The van der Waals surface area contributed by atoms with E-state index in [1.807, 2.05) is 0 Å². The van der Waals surface area contributed by atoms with Gasteiger partial charge in [-0.05, 0) is 18.4 Å². The molecule has 3 nitrogen and oxygen atoms in total. The van der Waals surface area contributed by atoms with Crippen LogP contribution < -0.4 is 5.32 Å². The normalized spacial score (nSPS) is 13.6. The molecule has 1 N–H and O–H groups in total. The van der Waals surface area contributed by atoms with Crippen molar-refractivity contribution in [2.75, 3.05) is 5.32 Å². The van der Waals surface area contributed by atoms with Gasteiger partial charge >= 0.3 is 0 Å². The molecule has 0 spiro atoms. The standard InChI is InChI=1S/C13H19N3S2/c1-9(8-10-6-5-7-17-10)14-12-15-11(16-18-12)13(2,3)4/h5-7,9H,8H2,1-4H3,(H,14,15,16). The molecule has 0 aromatic carbocycles. The number of anilines is 1. The van der Waals surface area contributed by atoms with Crippen LogP contribution in [0.5, 0.6) is 0 Å². The van der Waals surface area contributed by atoms with Crippen molar-refractivity contribution < 1.29 is 0 Å². The van der Waals surface area contributed by atoms with Crippen LogP contribution in [0, 0.1) is 0 Å². The van der Waals surface area contributed by atoms with E-state index in [-0.39, 0.29) is 5.41 Å². The molecule has 0 radical (unpaired) electrons. The molecule has 18 heavy (non-hydrogen) atoms. The minimum Gasteiger partial charge on any atom is -0.357 e. The van der Waals surface area contributed by atoms with Crippen molar-refractivity contribution in [1.82, 2.24) is 9.36 Å². The molecule has 1 atom stereocenters. The second-order valence-corrected chi connectivity index (χ2v) is 7.29. The second-order valence-electron chi connectivity index (χ2n) is 5.50. The molecule has 2 heterocycles. The molecule has 0 saturated carbocycles. The summed E-state index contributed by atoms with van der Waals surface area (Å²) in [6, 6.07) is 4.64. The Labute approximate surface area is 116 Å². The SMILES string of the molecule is CC(Cc1cccs1)Nc1nc(C(C)(C)C)ns1. The minimum absolute atomic E-state index is 0.0213. The molecule has 0 aliphatic rings. The van der Waals surface area contributed by atoms with Crippen LogP contribution in [0.3, 0.4) is 0 Å². The predicted octanol–water partition coefficient (Wildman–Crippen LogP) is 3.94. The lowest BCUT2D eigenvalue weighted by Crippen LogP contribution is -2.18. The molecular weight excluding hydrogens is 262 g/mol. The van der Waals surface area contributed by atoms with E-state index in [0.29, 0.717) is 6.04 Å². The van der Waals surface area contributed by atoms with Crippen LogP contribution in [0.1, 0.15) is 38.4 Å². The van der Waals surface area contributed by atoms with E-state index in [1.165, 1.54) is 16.4 Å². The van der Waals surface area contributed by atoms with Crippen molar-refractivity contribution in [1.29, 1.82) is 0 Å². The Balaban J connectivity index is 1.95. The van der Waals surface area contributed by atoms with E-state index in [0.717, 1.165) is 17.4 Å². The van der Waals surface area contributed by atoms with Crippen LogP contribution in [-0.4, -0.2) is 15.4 Å². The molecule has 0 amide bonds. The maximum atomic E-state index is 4.55. The van der Waals surface area contributed by atoms with Crippen molar-refractivity contribution in [3.8, 4) is 0 Å². The van der Waals surface area contributed by atoms with Crippen molar-refractivity contribution >= 4 is 28.0 Å². The van der Waals surface area contributed by atoms with Gasteiger partial charge in [-0.2, -0.15) is 4.37 Å². The number of aromatic nitrogens is 2. The summed E-state index contributed by atoms with van der Waals surface area (Å²) < 4.78 is 4.41. The number of hydrogen-bond acceptors (Lipinski definition) is 5. The summed E-state index contributed by atoms with van der Waals surface area (Å²) in [5, 5.41) is 6.46. The fourth-order valence-corrected chi connectivity index (χ4v) is 3.28. The third-order valence-electron chi connectivity index (χ3n) is 2.55. The average molecular weight is 281 g/mol. The quantitative estimate of drug-likeness (QED) is 0.922. The van der Waals surface area contributed by atoms with E-state index in [9.17, 15) is 0 Å². The Morgan fingerprint density at radius 1 is 1.39 bits per heavy atom. The molecule has 0 bridgehead atoms. The highest BCUT2D eigenvalue weighted by Crippen LogP contribution is 2.23. The third kappa shape index (κ3) is 3.53. The lowest BCUT2D eigenvalue weighted by atomic mass is 9.96. The van der Waals surface area contributed by atoms with Crippen molar-refractivity contribution in [3.05, 3.63) is 28.2 Å². The lowest BCUT2D eigenvalue weighted by Gasteiger charge is -2.13. The monoisotopic (exact) mass is 281 g/mol. The molecule has 98 valence electrons. The summed E-state index contributed by atoms with van der Waals surface area (Å²) >= 11 is 3.25. The predicted molar refractivity (Wildman–Crippen MR) is 79.7 cm³/mol. The van der Waals surface area contributed by atoms with E-state index < -0.39 is 0 Å². The van der Waals surface area contributed by atoms with Gasteiger partial charge in [0.05, 0.1) is 0 Å². The smallest absolute Gasteiger partial charge is 0.202 e. The highest BCUT2D eigenvalue weighted by atomic mass is 32.1. The topological polar surface area (TPSA) is 37.8 Å². The highest BCUT2D eigenvalue weighted by molar-refractivity contribution is 7.10. The Morgan fingerprint density at radius 3 is 2.72 bits per heavy atom. The first kappa shape index (κ1) is 13.5. The summed E-state index contributed by atoms with van der Waals surface area (Å²) in [6.45, 7) is 8.58. The van der Waals surface area contributed by atoms with Gasteiger partial charge in [0.1, 0.15) is 5.82 Å². The molecule has 1 unspecified atom stereocenters. The minimum atomic E-state index is 0.0213. The molecule has 0 saturated heterocycles. The van der Waals surface area contributed by atoms with Gasteiger partial charge in [0.2, 0.25) is 5.13 Å². The van der Waals surface area contributed by atoms with Crippen molar-refractivity contribution in [2.24, 2.45) is 0 Å². The number of thiophene rings is 1. The van der Waals surface area contributed by atoms with Crippen molar-refractivity contribution in [3.63, 3.8) is 0 Å². The molecule has 2 rings (SSSR count). The number of nitrogens with one attached hydrogen (secondary N) is 1. The fraction of sp³-hybridized carbons (Fsp3) is 0.538. The van der Waals surface area contributed by atoms with Crippen LogP contribution >= 0.6 is 22.9 Å². The summed E-state index contributed by atoms with van der Waals surface area (Å²) in [7, 11) is 0. The molecule has 5 heteroatoms. The lowest BCUT2D eigenvalue weighted by molar-refractivity contribution is 0.555. The fourth-order valence-electron chi connectivity index (χ4n) is 1.58. The van der Waals surface area contributed by atoms with Crippen molar-refractivity contribution in [2.45, 2.75) is 45.6 Å². The number of hydrogen-bond donors (Lipinski definition) is 1. The van der Waals surface area contributed by atoms with Gasteiger partial charge in [-0.3, -0.25) is 0 Å². The van der Waals surface area contributed by atoms with E-state index >= 15 is 0 Å². The van der Waals surface area contributed by atoms with E-state index in [2.05, 4.69) is 59.9 Å². The summed E-state index contributed by atoms with van der Waals surface area (Å²) in [5.74, 6) is 0.915. The van der Waals surface area contributed by atoms with Crippen LogP contribution in [-0.2, 0) is 11.8 Å². The molecule has 0 aliphatic carbocycles. The van der Waals surface area contributed by atoms with Gasteiger partial charge in [0.15, 0.2) is 0 Å². The molecular formula is C13H19N3S2. The third-order valence-corrected chi connectivity index (χ3v) is 4.10. The molecule has 0 fully saturated rings. The summed E-state index contributed by atoms with van der Waals surface area (Å²) in [4.78, 5) is 5.95. The molecule has 0 aliphatic heterocycles. The van der Waals surface area contributed by atoms with E-state index in [4.69, 9.17) is 0 Å². The maximum Gasteiger partial charge on any atom is 0.202 e. The van der Waals surface area contributed by atoms with E-state index in [1.54, 1.807) is 11.3 Å². The highest BCUT2D eigenvalue weighted by Gasteiger charge is 2.20. The van der Waals surface area contributed by atoms with Crippen LogP contribution in [0.4, 0.5) is 5.13 Å². The molecule has 2 aromatic heterocycles. The van der Waals surface area contributed by atoms with Gasteiger partial charge in [-0.25, -0.2) is 4.98 Å². The Hall–Kier alpha value is -0.940. The largest absolute Gasteiger partial charge is 0.357 e. The first-order chi connectivity index (χ1) is 8.45. The van der Waals surface area contributed by atoms with Gasteiger partial charge in [-0.15, -0.1) is 11.3 Å². The Kier molecular flexibility index (Phi) is 4.02. The number of nitrogens with zero attached hydrogens (tertiary/aromatic N) is 2. The van der Waals surface area contributed by atoms with Gasteiger partial charge in [0.25, 0.3) is 0 Å². The summed E-state index contributed by atoms with van der Waals surface area (Å²) in [5.41, 5.74) is 0.0213. The Morgan fingerprint density at radius 2 is 2.17 bits per heavy atom. The van der Waals surface area contributed by atoms with Crippen LogP contribution in [0.25, 0.3) is 0 Å². The van der Waals surface area contributed by atoms with Gasteiger partial charge in [-0.1, -0.05) is 26.8 Å². The second kappa shape index (κ2) is 5.36. The first-order valence-electron chi connectivity index (χ1n) is 6.08. The first-order valence-corrected chi connectivity index (χ1v) is 7.73. The average Bonchev–Trinajstić information content (AvgIpc) is 2.87. The maximum absolute atomic E-state index is 4.55. The zero-order chi connectivity index (χ0) is 13.2. The number of rotatable bonds is 4. The van der Waals surface area contributed by atoms with Gasteiger partial charge in [0, 0.05) is 34.3 Å². The van der Waals surface area contributed by atoms with Crippen LogP contribution in [0.2, 0.25) is 0 Å². The summed E-state index contributed by atoms with van der Waals surface area (Å²) in [6.07, 6.45) is 1.03. The zero-order valence-electron chi connectivity index (χ0n) is 11.2. The van der Waals surface area contributed by atoms with Crippen LogP contribution in [0.15, 0.2) is 17.5 Å². The zero-order valence-corrected chi connectivity index (χ0v) is 12.9. The molecule has 2 aromatic rings. The van der Waals surface area contributed by atoms with Gasteiger partial charge < -0.3 is 5.32 Å². The Bertz CT molecular complexity index is 483.